The van der Waals surface area contributed by atoms with Crippen molar-refractivity contribution in [2.24, 2.45) is 11.5 Å². The molecule has 0 saturated carbocycles. The molecule has 12 N–H and O–H groups in total. The van der Waals surface area contributed by atoms with Gasteiger partial charge in [0.2, 0.25) is 0 Å². The maximum absolute atomic E-state index is 10.3. The summed E-state index contributed by atoms with van der Waals surface area (Å²) in [5.74, 6) is -2.01. The van der Waals surface area contributed by atoms with Crippen LogP contribution in [-0.4, -0.2) is 113 Å². The molecule has 0 aromatic carbocycles. The topological polar surface area (TPSA) is 264 Å². The lowest BCUT2D eigenvalue weighted by atomic mass is 10.1. The van der Waals surface area contributed by atoms with Crippen molar-refractivity contribution in [2.75, 3.05) is 21.1 Å². The summed E-state index contributed by atoms with van der Waals surface area (Å²) in [4.78, 5) is 30.4. The van der Waals surface area contributed by atoms with Gasteiger partial charge in [0.25, 0.3) is 0 Å². The minimum atomic E-state index is -1.42. The lowest BCUT2D eigenvalue weighted by molar-refractivity contribution is -0.147. The van der Waals surface area contributed by atoms with Gasteiger partial charge in [0.1, 0.15) is 12.3 Å². The van der Waals surface area contributed by atoms with Crippen LogP contribution in [0, 0.1) is 11.3 Å². The van der Waals surface area contributed by atoms with Crippen molar-refractivity contribution in [1.82, 2.24) is 16.0 Å². The van der Waals surface area contributed by atoms with Crippen LogP contribution in [-0.2, 0) is 14.4 Å². The number of rotatable bonds is 19. The zero-order valence-corrected chi connectivity index (χ0v) is 29.3. The van der Waals surface area contributed by atoms with Crippen LogP contribution < -0.4 is 27.4 Å². The highest BCUT2D eigenvalue weighted by Gasteiger charge is 2.20. The monoisotopic (exact) mass is 653 g/mol. The number of likely N-dealkylation sites (N-methyl/N-ethyl adjacent to an activating group) is 3. The summed E-state index contributed by atoms with van der Waals surface area (Å²) in [5.41, 5.74) is 10.8. The molecule has 0 aliphatic heterocycles. The second-order valence-electron chi connectivity index (χ2n) is 10.5. The Morgan fingerprint density at radius 3 is 1.38 bits per heavy atom. The number of aliphatic hydroxyl groups is 3. The van der Waals surface area contributed by atoms with Gasteiger partial charge in [0.05, 0.1) is 18.2 Å². The first kappa shape index (κ1) is 52.3. The number of carbonyl (C=O) groups excluding carboxylic acids is 1. The number of nitrogens with zero attached hydrogens (tertiary/aromatic N) is 1. The van der Waals surface area contributed by atoms with Crippen LogP contribution in [0.3, 0.4) is 0 Å². The van der Waals surface area contributed by atoms with Gasteiger partial charge in [-0.2, -0.15) is 5.26 Å². The third-order valence-corrected chi connectivity index (χ3v) is 6.36. The first-order chi connectivity index (χ1) is 21.1. The number of carboxylic acid groups (broad SMARTS) is 2. The van der Waals surface area contributed by atoms with E-state index in [1.165, 1.54) is 0 Å². The molecule has 0 aromatic heterocycles. The molecule has 0 amide bonds. The minimum Gasteiger partial charge on any atom is -0.480 e. The number of aliphatic carboxylic acids is 2. The number of nitrogens with one attached hydrogen (secondary N) is 3. The Morgan fingerprint density at radius 2 is 1.18 bits per heavy atom. The Kier molecular flexibility index (Phi) is 44.1. The molecule has 0 aliphatic rings. The fraction of sp³-hybridized carbons (Fsp3) is 0.871. The van der Waals surface area contributed by atoms with Crippen LogP contribution in [0.2, 0.25) is 0 Å². The molecular formula is C31H68N6O8. The van der Waals surface area contributed by atoms with Gasteiger partial charge in [-0.15, -0.1) is 0 Å². The molecule has 0 spiro atoms. The molecule has 0 radical (unpaired) electrons. The van der Waals surface area contributed by atoms with E-state index in [2.05, 4.69) is 29.8 Å². The van der Waals surface area contributed by atoms with Crippen molar-refractivity contribution >= 4 is 18.2 Å². The van der Waals surface area contributed by atoms with Crippen LogP contribution in [0.4, 0.5) is 0 Å². The second kappa shape index (κ2) is 38.0. The van der Waals surface area contributed by atoms with E-state index in [9.17, 15) is 14.4 Å². The number of nitriles is 1. The molecule has 0 fully saturated rings. The van der Waals surface area contributed by atoms with E-state index in [0.29, 0.717) is 12.8 Å². The van der Waals surface area contributed by atoms with Gasteiger partial charge in [-0.25, -0.2) is 4.79 Å². The molecule has 14 heteroatoms. The second-order valence-corrected chi connectivity index (χ2v) is 10.5. The lowest BCUT2D eigenvalue weighted by Crippen LogP contribution is -2.40. The van der Waals surface area contributed by atoms with Gasteiger partial charge in [-0.3, -0.25) is 4.79 Å². The maximum Gasteiger partial charge on any atom is 0.334 e. The Hall–Kier alpha value is -2.22. The number of hydrogen-bond acceptors (Lipinski definition) is 12. The number of hydrogen-bond donors (Lipinski definition) is 10. The Balaban J connectivity index is -0.000000149. The third kappa shape index (κ3) is 36.1. The Labute approximate surface area is 272 Å². The normalized spacial score (nSPS) is 15.3. The summed E-state index contributed by atoms with van der Waals surface area (Å²) >= 11 is 0. The molecule has 3 unspecified atom stereocenters. The number of aliphatic hydroxyl groups excluding tert-OH is 3. The van der Waals surface area contributed by atoms with Crippen LogP contribution >= 0.6 is 0 Å². The number of carboxylic acids is 2. The quantitative estimate of drug-likeness (QED) is 0.0697. The van der Waals surface area contributed by atoms with Crippen LogP contribution in [0.1, 0.15) is 106 Å². The van der Waals surface area contributed by atoms with Gasteiger partial charge < -0.3 is 57.7 Å². The van der Waals surface area contributed by atoms with Crippen molar-refractivity contribution < 1.29 is 39.9 Å². The van der Waals surface area contributed by atoms with E-state index in [4.69, 9.17) is 42.3 Å². The van der Waals surface area contributed by atoms with Gasteiger partial charge >= 0.3 is 11.9 Å². The fourth-order valence-electron chi connectivity index (χ4n) is 3.38. The number of carbonyl (C=O) groups is 3. The van der Waals surface area contributed by atoms with Crippen molar-refractivity contribution in [3.05, 3.63) is 0 Å². The number of aldehydes is 1. The fourth-order valence-corrected chi connectivity index (χ4v) is 3.38. The Bertz CT molecular complexity index is 712. The summed E-state index contributed by atoms with van der Waals surface area (Å²) in [6.07, 6.45) is 7.01. The smallest absolute Gasteiger partial charge is 0.334 e. The van der Waals surface area contributed by atoms with Crippen molar-refractivity contribution in [1.29, 1.82) is 5.26 Å². The van der Waals surface area contributed by atoms with E-state index in [-0.39, 0.29) is 30.3 Å². The average Bonchev–Trinajstić information content (AvgIpc) is 3.01. The predicted octanol–water partition coefficient (Wildman–Crippen LogP) is 1.35. The van der Waals surface area contributed by atoms with Gasteiger partial charge in [-0.1, -0.05) is 66.7 Å². The summed E-state index contributed by atoms with van der Waals surface area (Å²) in [6.45, 7) is 11.7. The van der Waals surface area contributed by atoms with E-state index >= 15 is 0 Å². The molecule has 0 aliphatic carbocycles. The highest BCUT2D eigenvalue weighted by molar-refractivity contribution is 5.73. The third-order valence-electron chi connectivity index (χ3n) is 6.36. The molecule has 0 heterocycles. The molecule has 270 valence electrons. The molecule has 0 saturated heterocycles. The van der Waals surface area contributed by atoms with Crippen molar-refractivity contribution in [3.8, 4) is 6.07 Å². The average molecular weight is 653 g/mol. The van der Waals surface area contributed by atoms with Crippen LogP contribution in [0.15, 0.2) is 0 Å². The van der Waals surface area contributed by atoms with Crippen molar-refractivity contribution in [2.45, 2.75) is 154 Å². The molecule has 8 atom stereocenters. The summed E-state index contributed by atoms with van der Waals surface area (Å²) in [7, 11) is 5.21. The first-order valence-electron chi connectivity index (χ1n) is 16.0. The van der Waals surface area contributed by atoms with E-state index in [0.717, 1.165) is 57.7 Å². The SMILES string of the molecule is CCC[C@@H](C=O)NC.CCC[C@H](N)C(C)O.CCC[C@H](N)C(O)C(=O)O.CCC[C@H](NC)C(=O)O.CCC[C@H](NC)C(O)C#N. The maximum atomic E-state index is 10.3. The zero-order chi connectivity index (χ0) is 36.4. The minimum absolute atomic E-state index is 0.0278. The standard InChI is InChI=1S/C7H14N2O.C6H13NO3.C6H13NO2.C6H13NO.C6H15NO/c1-3-4-6(9-2)7(10)5-8;1-2-3-4(7)5(8)6(9)10;1-3-4-5(7-2)6(8)9;1-3-4-6(5-8)7-2;1-3-4-6(7)5(2)8/h6-7,9-10H,3-4H2,1-2H3;4-5,8H,2-3,7H2,1H3,(H,9,10);5,7H,3-4H2,1-2H3,(H,8,9);5-7H,3-4H2,1-2H3;5-6,8H,3-4,7H2,1-2H3/t6-,7?;4-,5?;5-;6-;5?,6-/m00000/s1. The number of nitrogens with two attached hydrogens (primary N) is 2. The highest BCUT2D eigenvalue weighted by atomic mass is 16.4. The molecule has 45 heavy (non-hydrogen) atoms. The van der Waals surface area contributed by atoms with Gasteiger partial charge in [0, 0.05) is 18.1 Å². The molecule has 0 rings (SSSR count). The zero-order valence-electron chi connectivity index (χ0n) is 29.3. The highest BCUT2D eigenvalue weighted by Crippen LogP contribution is 2.01. The predicted molar refractivity (Wildman–Crippen MR) is 180 cm³/mol. The van der Waals surface area contributed by atoms with Crippen molar-refractivity contribution in [3.63, 3.8) is 0 Å². The molecular weight excluding hydrogens is 584 g/mol. The van der Waals surface area contributed by atoms with E-state index in [1.54, 1.807) is 34.1 Å². The molecule has 0 bridgehead atoms. The van der Waals surface area contributed by atoms with Gasteiger partial charge in [-0.05, 0) is 60.2 Å². The van der Waals surface area contributed by atoms with Crippen LogP contribution in [0.5, 0.6) is 0 Å². The molecule has 14 nitrogen and oxygen atoms in total. The molecule has 0 aromatic rings. The summed E-state index contributed by atoms with van der Waals surface area (Å²) in [5, 5.41) is 60.1. The lowest BCUT2D eigenvalue weighted by Gasteiger charge is -2.15. The van der Waals surface area contributed by atoms with E-state index in [1.807, 2.05) is 20.8 Å². The first-order valence-corrected chi connectivity index (χ1v) is 16.0. The summed E-state index contributed by atoms with van der Waals surface area (Å²) in [6, 6.07) is 0.759. The van der Waals surface area contributed by atoms with Gasteiger partial charge in [0.15, 0.2) is 12.2 Å². The summed E-state index contributed by atoms with van der Waals surface area (Å²) < 4.78 is 0. The van der Waals surface area contributed by atoms with Crippen LogP contribution in [0.25, 0.3) is 0 Å². The Morgan fingerprint density at radius 1 is 0.733 bits per heavy atom. The largest absolute Gasteiger partial charge is 0.480 e. The van der Waals surface area contributed by atoms with E-state index < -0.39 is 30.2 Å².